The maximum Gasteiger partial charge on any atom is 0.226 e. The molecule has 3 heterocycles. The number of phenolic OH excluding ortho intramolecular Hbond substituents is 1. The van der Waals surface area contributed by atoms with Gasteiger partial charge >= 0.3 is 0 Å². The zero-order chi connectivity index (χ0) is 15.8. The van der Waals surface area contributed by atoms with Crippen LogP contribution in [0.5, 0.6) is 5.75 Å². The number of aromatic nitrogens is 2. The van der Waals surface area contributed by atoms with Crippen molar-refractivity contribution in [3.63, 3.8) is 0 Å². The van der Waals surface area contributed by atoms with Crippen LogP contribution in [0, 0.1) is 0 Å². The molecule has 1 aliphatic heterocycles. The Labute approximate surface area is 132 Å². The quantitative estimate of drug-likeness (QED) is 0.779. The molecule has 3 aromatic rings. The zero-order valence-corrected chi connectivity index (χ0v) is 12.3. The molecule has 23 heavy (non-hydrogen) atoms. The highest BCUT2D eigenvalue weighted by molar-refractivity contribution is 5.94. The van der Waals surface area contributed by atoms with E-state index < -0.39 is 0 Å². The van der Waals surface area contributed by atoms with Crippen molar-refractivity contribution >= 4 is 11.7 Å². The van der Waals surface area contributed by atoms with Gasteiger partial charge in [0.25, 0.3) is 0 Å². The number of carbonyl (C=O) groups is 1. The molecule has 1 aromatic carbocycles. The number of benzene rings is 1. The number of carbonyl (C=O) groups excluding carboxylic acids is 1. The van der Waals surface area contributed by atoms with Crippen molar-refractivity contribution in [2.24, 2.45) is 0 Å². The smallest absolute Gasteiger partial charge is 0.226 e. The van der Waals surface area contributed by atoms with Crippen molar-refractivity contribution < 1.29 is 14.3 Å². The number of hydrogen-bond donors (Lipinski definition) is 2. The molecule has 1 atom stereocenters. The number of amides is 1. The first kappa shape index (κ1) is 13.6. The van der Waals surface area contributed by atoms with Gasteiger partial charge in [0.15, 0.2) is 0 Å². The summed E-state index contributed by atoms with van der Waals surface area (Å²) in [7, 11) is 0. The van der Waals surface area contributed by atoms with Gasteiger partial charge in [-0.05, 0) is 29.8 Å². The van der Waals surface area contributed by atoms with Crippen molar-refractivity contribution in [2.45, 2.75) is 18.9 Å². The summed E-state index contributed by atoms with van der Waals surface area (Å²) in [6.45, 7) is 0.454. The Kier molecular flexibility index (Phi) is 3.15. The van der Waals surface area contributed by atoms with Crippen LogP contribution in [0.25, 0.3) is 0 Å². The fraction of sp³-hybridized carbons (Fsp3) is 0.176. The number of rotatable bonds is 3. The van der Waals surface area contributed by atoms with E-state index in [1.807, 2.05) is 18.2 Å². The van der Waals surface area contributed by atoms with Gasteiger partial charge in [0.1, 0.15) is 23.9 Å². The summed E-state index contributed by atoms with van der Waals surface area (Å²) in [5.41, 5.74) is 1.85. The highest BCUT2D eigenvalue weighted by Gasteiger charge is 2.30. The van der Waals surface area contributed by atoms with Gasteiger partial charge in [-0.25, -0.2) is 4.68 Å². The summed E-state index contributed by atoms with van der Waals surface area (Å²) >= 11 is 0. The molecule has 2 N–H and O–H groups in total. The molecule has 1 amide bonds. The van der Waals surface area contributed by atoms with Crippen molar-refractivity contribution in [1.29, 1.82) is 0 Å². The number of phenols is 1. The van der Waals surface area contributed by atoms with Gasteiger partial charge in [-0.3, -0.25) is 4.79 Å². The molecular weight excluding hydrogens is 294 g/mol. The van der Waals surface area contributed by atoms with E-state index >= 15 is 0 Å². The van der Waals surface area contributed by atoms with Crippen LogP contribution in [0.1, 0.15) is 29.2 Å². The summed E-state index contributed by atoms with van der Waals surface area (Å²) in [6.07, 6.45) is 3.72. The molecule has 0 saturated carbocycles. The number of aromatic hydroxyl groups is 1. The molecule has 2 aromatic heterocycles. The summed E-state index contributed by atoms with van der Waals surface area (Å²) in [4.78, 5) is 12.1. The van der Waals surface area contributed by atoms with E-state index in [0.717, 1.165) is 16.9 Å². The van der Waals surface area contributed by atoms with Crippen LogP contribution in [0.4, 0.5) is 5.82 Å². The van der Waals surface area contributed by atoms with Gasteiger partial charge in [-0.15, -0.1) is 0 Å². The Balaban J connectivity index is 1.73. The number of hydrogen-bond acceptors (Lipinski definition) is 4. The maximum atomic E-state index is 12.1. The Morgan fingerprint density at radius 3 is 3.04 bits per heavy atom. The lowest BCUT2D eigenvalue weighted by Crippen LogP contribution is -2.25. The summed E-state index contributed by atoms with van der Waals surface area (Å²) in [5, 5.41) is 17.0. The van der Waals surface area contributed by atoms with Gasteiger partial charge in [-0.2, -0.15) is 5.10 Å². The first-order valence-electron chi connectivity index (χ1n) is 7.37. The lowest BCUT2D eigenvalue weighted by Gasteiger charge is -2.23. The van der Waals surface area contributed by atoms with E-state index in [-0.39, 0.29) is 17.6 Å². The van der Waals surface area contributed by atoms with Crippen LogP contribution in [-0.4, -0.2) is 20.8 Å². The fourth-order valence-electron chi connectivity index (χ4n) is 2.98. The van der Waals surface area contributed by atoms with E-state index in [1.54, 1.807) is 35.3 Å². The summed E-state index contributed by atoms with van der Waals surface area (Å²) < 4.78 is 7.07. The van der Waals surface area contributed by atoms with Crippen LogP contribution in [0.15, 0.2) is 53.3 Å². The predicted octanol–water partition coefficient (Wildman–Crippen LogP) is 2.70. The molecule has 0 aliphatic carbocycles. The van der Waals surface area contributed by atoms with Crippen LogP contribution in [0.3, 0.4) is 0 Å². The zero-order valence-electron chi connectivity index (χ0n) is 12.3. The van der Waals surface area contributed by atoms with Crippen molar-refractivity contribution in [2.75, 3.05) is 5.32 Å². The van der Waals surface area contributed by atoms with E-state index in [4.69, 9.17) is 4.42 Å². The molecule has 0 fully saturated rings. The molecule has 0 bridgehead atoms. The van der Waals surface area contributed by atoms with Gasteiger partial charge in [0.2, 0.25) is 5.91 Å². The lowest BCUT2D eigenvalue weighted by molar-refractivity contribution is -0.116. The van der Waals surface area contributed by atoms with Gasteiger partial charge in [0.05, 0.1) is 12.5 Å². The van der Waals surface area contributed by atoms with Gasteiger partial charge in [0, 0.05) is 17.9 Å². The minimum atomic E-state index is -0.115. The van der Waals surface area contributed by atoms with E-state index in [0.29, 0.717) is 18.8 Å². The lowest BCUT2D eigenvalue weighted by atomic mass is 9.87. The van der Waals surface area contributed by atoms with E-state index in [1.165, 1.54) is 0 Å². The maximum absolute atomic E-state index is 12.1. The molecule has 0 spiro atoms. The standard InChI is InChI=1S/C17H15N3O3/c21-12-4-1-3-11(7-12)14-8-16(22)19-17-15(14)9-18-20(17)10-13-5-2-6-23-13/h1-7,9,14,21H,8,10H2,(H,19,22). The largest absolute Gasteiger partial charge is 0.508 e. The number of furan rings is 1. The third kappa shape index (κ3) is 2.48. The molecule has 116 valence electrons. The van der Waals surface area contributed by atoms with Crippen molar-refractivity contribution in [1.82, 2.24) is 9.78 Å². The molecule has 1 unspecified atom stereocenters. The third-order valence-electron chi connectivity index (χ3n) is 4.05. The first-order valence-corrected chi connectivity index (χ1v) is 7.37. The average molecular weight is 309 g/mol. The number of nitrogens with zero attached hydrogens (tertiary/aromatic N) is 2. The van der Waals surface area contributed by atoms with Crippen LogP contribution >= 0.6 is 0 Å². The Bertz CT molecular complexity index is 852. The normalized spacial score (nSPS) is 16.9. The van der Waals surface area contributed by atoms with Crippen molar-refractivity contribution in [3.8, 4) is 5.75 Å². The summed E-state index contributed by atoms with van der Waals surface area (Å²) in [6, 6.07) is 10.7. The molecular formula is C17H15N3O3. The summed E-state index contributed by atoms with van der Waals surface area (Å²) in [5.74, 6) is 1.47. The van der Waals surface area contributed by atoms with Crippen LogP contribution in [-0.2, 0) is 11.3 Å². The highest BCUT2D eigenvalue weighted by Crippen LogP contribution is 2.37. The fourth-order valence-corrected chi connectivity index (χ4v) is 2.98. The van der Waals surface area contributed by atoms with E-state index in [2.05, 4.69) is 10.4 Å². The third-order valence-corrected chi connectivity index (χ3v) is 4.05. The Morgan fingerprint density at radius 2 is 2.26 bits per heavy atom. The van der Waals surface area contributed by atoms with Crippen molar-refractivity contribution in [3.05, 3.63) is 65.7 Å². The topological polar surface area (TPSA) is 80.3 Å². The minimum Gasteiger partial charge on any atom is -0.508 e. The molecule has 6 heteroatoms. The Morgan fingerprint density at radius 1 is 1.35 bits per heavy atom. The molecule has 0 radical (unpaired) electrons. The first-order chi connectivity index (χ1) is 11.2. The molecule has 6 nitrogen and oxygen atoms in total. The predicted molar refractivity (Wildman–Crippen MR) is 83.2 cm³/mol. The number of fused-ring (bicyclic) bond motifs is 1. The average Bonchev–Trinajstić information content (AvgIpc) is 3.18. The number of nitrogens with one attached hydrogen (secondary N) is 1. The Hall–Kier alpha value is -3.02. The second-order valence-corrected chi connectivity index (χ2v) is 5.59. The molecule has 1 aliphatic rings. The monoisotopic (exact) mass is 309 g/mol. The second kappa shape index (κ2) is 5.31. The SMILES string of the molecule is O=C1CC(c2cccc(O)c2)c2cnn(Cc3ccco3)c2N1. The van der Waals surface area contributed by atoms with Crippen LogP contribution < -0.4 is 5.32 Å². The van der Waals surface area contributed by atoms with Gasteiger partial charge < -0.3 is 14.8 Å². The highest BCUT2D eigenvalue weighted by atomic mass is 16.3. The van der Waals surface area contributed by atoms with E-state index in [9.17, 15) is 9.90 Å². The molecule has 4 rings (SSSR count). The van der Waals surface area contributed by atoms with Crippen LogP contribution in [0.2, 0.25) is 0 Å². The number of anilines is 1. The minimum absolute atomic E-state index is 0.0629. The molecule has 0 saturated heterocycles. The second-order valence-electron chi connectivity index (χ2n) is 5.59. The van der Waals surface area contributed by atoms with Gasteiger partial charge in [-0.1, -0.05) is 12.1 Å².